The van der Waals surface area contributed by atoms with Gasteiger partial charge in [-0.2, -0.15) is 0 Å². The Labute approximate surface area is 143 Å². The molecule has 0 bridgehead atoms. The molecule has 5 nitrogen and oxygen atoms in total. The lowest BCUT2D eigenvalue weighted by Gasteiger charge is -2.29. The van der Waals surface area contributed by atoms with Gasteiger partial charge >= 0.3 is 0 Å². The number of rotatable bonds is 2. The molecule has 0 spiro atoms. The fraction of sp³-hybridized carbons (Fsp3) is 0.235. The van der Waals surface area contributed by atoms with E-state index in [2.05, 4.69) is 15.0 Å². The number of nitrogens with zero attached hydrogens (tertiary/aromatic N) is 4. The van der Waals surface area contributed by atoms with E-state index in [0.29, 0.717) is 59.4 Å². The lowest BCUT2D eigenvalue weighted by molar-refractivity contribution is 0.122. The first-order valence-corrected chi connectivity index (χ1v) is 8.00. The van der Waals surface area contributed by atoms with Crippen molar-refractivity contribution in [1.82, 2.24) is 15.0 Å². The summed E-state index contributed by atoms with van der Waals surface area (Å²) >= 11 is 5.98. The standard InChI is InChI=1S/C17H14ClFN4O/c18-15-4-2-13-17(22-15)16(21-10-20-13)11-1-3-14(12(19)9-11)23-5-7-24-8-6-23/h1-4,9-10H,5-8H2. The van der Waals surface area contributed by atoms with Crippen LogP contribution in [0.3, 0.4) is 0 Å². The Morgan fingerprint density at radius 1 is 1.08 bits per heavy atom. The van der Waals surface area contributed by atoms with Gasteiger partial charge in [0.1, 0.15) is 28.5 Å². The minimum atomic E-state index is -0.289. The predicted molar refractivity (Wildman–Crippen MR) is 90.8 cm³/mol. The van der Waals surface area contributed by atoms with Gasteiger partial charge in [0.2, 0.25) is 0 Å². The van der Waals surface area contributed by atoms with E-state index >= 15 is 0 Å². The first-order chi connectivity index (χ1) is 11.7. The maximum atomic E-state index is 14.6. The van der Waals surface area contributed by atoms with E-state index in [1.807, 2.05) is 11.0 Å². The summed E-state index contributed by atoms with van der Waals surface area (Å²) in [4.78, 5) is 14.7. The van der Waals surface area contributed by atoms with E-state index in [9.17, 15) is 4.39 Å². The zero-order chi connectivity index (χ0) is 16.5. The van der Waals surface area contributed by atoms with Crippen LogP contribution in [0, 0.1) is 5.82 Å². The summed E-state index contributed by atoms with van der Waals surface area (Å²) in [6.45, 7) is 2.59. The number of fused-ring (bicyclic) bond motifs is 1. The third-order valence-electron chi connectivity index (χ3n) is 4.02. The molecule has 3 aromatic rings. The summed E-state index contributed by atoms with van der Waals surface area (Å²) in [5.74, 6) is -0.289. The van der Waals surface area contributed by atoms with Crippen molar-refractivity contribution < 1.29 is 9.13 Å². The predicted octanol–water partition coefficient (Wildman–Crippen LogP) is 3.32. The third-order valence-corrected chi connectivity index (χ3v) is 4.23. The molecule has 2 aromatic heterocycles. The van der Waals surface area contributed by atoms with Crippen molar-refractivity contribution >= 4 is 28.3 Å². The Balaban J connectivity index is 1.77. The molecular formula is C17H14ClFN4O. The van der Waals surface area contributed by atoms with Gasteiger partial charge in [-0.15, -0.1) is 0 Å². The Hall–Kier alpha value is -2.31. The Morgan fingerprint density at radius 2 is 1.92 bits per heavy atom. The average Bonchev–Trinajstić information content (AvgIpc) is 2.62. The van der Waals surface area contributed by atoms with E-state index in [1.54, 1.807) is 18.2 Å². The highest BCUT2D eigenvalue weighted by atomic mass is 35.5. The molecule has 0 radical (unpaired) electrons. The van der Waals surface area contributed by atoms with Gasteiger partial charge in [-0.25, -0.2) is 19.3 Å². The maximum absolute atomic E-state index is 14.6. The van der Waals surface area contributed by atoms with Crippen molar-refractivity contribution in [3.8, 4) is 11.3 Å². The number of benzene rings is 1. The van der Waals surface area contributed by atoms with E-state index in [4.69, 9.17) is 16.3 Å². The van der Waals surface area contributed by atoms with Gasteiger partial charge in [-0.05, 0) is 24.3 Å². The molecule has 122 valence electrons. The molecule has 0 unspecified atom stereocenters. The highest BCUT2D eigenvalue weighted by molar-refractivity contribution is 6.29. The van der Waals surface area contributed by atoms with Gasteiger partial charge in [-0.3, -0.25) is 0 Å². The average molecular weight is 345 g/mol. The molecule has 1 aliphatic heterocycles. The van der Waals surface area contributed by atoms with Crippen LogP contribution in [0.25, 0.3) is 22.3 Å². The number of halogens is 2. The van der Waals surface area contributed by atoms with Crippen molar-refractivity contribution in [3.63, 3.8) is 0 Å². The van der Waals surface area contributed by atoms with E-state index < -0.39 is 0 Å². The second-order valence-corrected chi connectivity index (χ2v) is 5.88. The van der Waals surface area contributed by atoms with E-state index in [0.717, 1.165) is 0 Å². The van der Waals surface area contributed by atoms with Crippen LogP contribution in [0.2, 0.25) is 5.15 Å². The molecule has 0 amide bonds. The number of morpholine rings is 1. The summed E-state index contributed by atoms with van der Waals surface area (Å²) in [5, 5.41) is 0.351. The van der Waals surface area contributed by atoms with Gasteiger partial charge < -0.3 is 9.64 Å². The van der Waals surface area contributed by atoms with Crippen LogP contribution in [0.4, 0.5) is 10.1 Å². The van der Waals surface area contributed by atoms with Crippen LogP contribution in [0.1, 0.15) is 0 Å². The summed E-state index contributed by atoms with van der Waals surface area (Å²) < 4.78 is 19.9. The third kappa shape index (κ3) is 2.79. The van der Waals surface area contributed by atoms with Gasteiger partial charge in [0.25, 0.3) is 0 Å². The van der Waals surface area contributed by atoms with Crippen LogP contribution in [0.5, 0.6) is 0 Å². The lowest BCUT2D eigenvalue weighted by Crippen LogP contribution is -2.36. The van der Waals surface area contributed by atoms with Crippen LogP contribution >= 0.6 is 11.6 Å². The molecule has 0 aliphatic carbocycles. The first-order valence-electron chi connectivity index (χ1n) is 7.62. The molecule has 1 aromatic carbocycles. The summed E-state index contributed by atoms with van der Waals surface area (Å²) in [7, 11) is 0. The zero-order valence-corrected chi connectivity index (χ0v) is 13.5. The zero-order valence-electron chi connectivity index (χ0n) is 12.7. The molecule has 3 heterocycles. The largest absolute Gasteiger partial charge is 0.378 e. The summed E-state index contributed by atoms with van der Waals surface area (Å²) in [6, 6.07) is 8.54. The number of ether oxygens (including phenoxy) is 1. The van der Waals surface area contributed by atoms with E-state index in [-0.39, 0.29) is 5.82 Å². The highest BCUT2D eigenvalue weighted by Gasteiger charge is 2.17. The molecular weight excluding hydrogens is 331 g/mol. The van der Waals surface area contributed by atoms with Crippen molar-refractivity contribution in [2.45, 2.75) is 0 Å². The highest BCUT2D eigenvalue weighted by Crippen LogP contribution is 2.29. The van der Waals surface area contributed by atoms with Crippen molar-refractivity contribution in [3.05, 3.63) is 47.6 Å². The monoisotopic (exact) mass is 344 g/mol. The van der Waals surface area contributed by atoms with Crippen molar-refractivity contribution in [1.29, 1.82) is 0 Å². The molecule has 24 heavy (non-hydrogen) atoms. The molecule has 7 heteroatoms. The first kappa shape index (κ1) is 15.2. The Morgan fingerprint density at radius 3 is 2.71 bits per heavy atom. The number of hydrogen-bond donors (Lipinski definition) is 0. The lowest BCUT2D eigenvalue weighted by atomic mass is 10.1. The van der Waals surface area contributed by atoms with E-state index in [1.165, 1.54) is 12.4 Å². The molecule has 0 saturated carbocycles. The molecule has 1 aliphatic rings. The molecule has 0 N–H and O–H groups in total. The van der Waals surface area contributed by atoms with Crippen LogP contribution in [0.15, 0.2) is 36.7 Å². The molecule has 1 saturated heterocycles. The minimum absolute atomic E-state index is 0.289. The number of hydrogen-bond acceptors (Lipinski definition) is 5. The van der Waals surface area contributed by atoms with Crippen molar-refractivity contribution in [2.24, 2.45) is 0 Å². The summed E-state index contributed by atoms with van der Waals surface area (Å²) in [5.41, 5.74) is 3.01. The van der Waals surface area contributed by atoms with Crippen LogP contribution in [-0.4, -0.2) is 41.3 Å². The molecule has 0 atom stereocenters. The fourth-order valence-electron chi connectivity index (χ4n) is 2.84. The second kappa shape index (κ2) is 6.30. The van der Waals surface area contributed by atoms with Gasteiger partial charge in [-0.1, -0.05) is 17.7 Å². The van der Waals surface area contributed by atoms with Gasteiger partial charge in [0.05, 0.1) is 24.4 Å². The number of aromatic nitrogens is 3. The minimum Gasteiger partial charge on any atom is -0.378 e. The summed E-state index contributed by atoms with van der Waals surface area (Å²) in [6.07, 6.45) is 1.45. The Bertz CT molecular complexity index is 899. The maximum Gasteiger partial charge on any atom is 0.147 e. The van der Waals surface area contributed by atoms with Crippen LogP contribution < -0.4 is 4.90 Å². The topological polar surface area (TPSA) is 51.1 Å². The number of anilines is 1. The molecule has 1 fully saturated rings. The molecule has 4 rings (SSSR count). The van der Waals surface area contributed by atoms with Crippen LogP contribution in [-0.2, 0) is 4.74 Å². The Kier molecular flexibility index (Phi) is 4.00. The number of pyridine rings is 1. The smallest absolute Gasteiger partial charge is 0.147 e. The normalized spacial score (nSPS) is 15.0. The van der Waals surface area contributed by atoms with Gasteiger partial charge in [0, 0.05) is 18.7 Å². The second-order valence-electron chi connectivity index (χ2n) is 5.49. The fourth-order valence-corrected chi connectivity index (χ4v) is 2.99. The van der Waals surface area contributed by atoms with Crippen molar-refractivity contribution in [2.75, 3.05) is 31.2 Å². The SMILES string of the molecule is Fc1cc(-c2ncnc3ccc(Cl)nc23)ccc1N1CCOCC1. The van der Waals surface area contributed by atoms with Gasteiger partial charge in [0.15, 0.2) is 0 Å². The quantitative estimate of drug-likeness (QED) is 0.667.